The Morgan fingerprint density at radius 1 is 0.537 bits per heavy atom. The molecule has 12 heteroatoms. The van der Waals surface area contributed by atoms with Crippen molar-refractivity contribution in [2.75, 3.05) is 57.0 Å². The zero-order valence-corrected chi connectivity index (χ0v) is 39.7. The molecule has 3 aliphatic rings. The first-order chi connectivity index (χ1) is 32.9. The van der Waals surface area contributed by atoms with Crippen molar-refractivity contribution >= 4 is 11.4 Å². The number of hydrogen-bond donors (Lipinski definition) is 0. The second-order valence-electron chi connectivity index (χ2n) is 18.7. The Kier molecular flexibility index (Phi) is 15.1. The van der Waals surface area contributed by atoms with E-state index in [0.717, 1.165) is 123 Å². The molecule has 3 fully saturated rings. The Labute approximate surface area is 396 Å². The third-order valence-electron chi connectivity index (χ3n) is 13.3. The number of hydrazine groups is 1. The highest BCUT2D eigenvalue weighted by Gasteiger charge is 2.36. The van der Waals surface area contributed by atoms with Gasteiger partial charge < -0.3 is 18.9 Å². The molecular formula is C55H66N8O4. The molecule has 0 bridgehead atoms. The van der Waals surface area contributed by atoms with E-state index in [0.29, 0.717) is 24.2 Å². The van der Waals surface area contributed by atoms with Crippen LogP contribution in [0.3, 0.4) is 0 Å². The van der Waals surface area contributed by atoms with E-state index < -0.39 is 0 Å². The number of aromatic nitrogens is 4. The van der Waals surface area contributed by atoms with Gasteiger partial charge in [-0.15, -0.1) is 0 Å². The van der Waals surface area contributed by atoms with Crippen molar-refractivity contribution in [3.05, 3.63) is 133 Å². The zero-order chi connectivity index (χ0) is 46.0. The second kappa shape index (κ2) is 22.0. The topological polar surface area (TPSA) is 101 Å². The fourth-order valence-corrected chi connectivity index (χ4v) is 9.82. The van der Waals surface area contributed by atoms with Gasteiger partial charge in [0.1, 0.15) is 0 Å². The average molecular weight is 903 g/mol. The Morgan fingerprint density at radius 2 is 0.970 bits per heavy atom. The van der Waals surface area contributed by atoms with Crippen molar-refractivity contribution in [3.63, 3.8) is 0 Å². The molecule has 2 aliphatic heterocycles. The van der Waals surface area contributed by atoms with Gasteiger partial charge in [0.25, 0.3) is 0 Å². The molecule has 1 aliphatic carbocycles. The van der Waals surface area contributed by atoms with Gasteiger partial charge in [-0.05, 0) is 92.7 Å². The fraction of sp³-hybridized carbons (Fsp3) is 0.418. The van der Waals surface area contributed by atoms with Crippen molar-refractivity contribution in [2.45, 2.75) is 96.5 Å². The molecule has 2 saturated heterocycles. The third kappa shape index (κ3) is 11.5. The van der Waals surface area contributed by atoms with Gasteiger partial charge in [-0.1, -0.05) is 86.6 Å². The Balaban J connectivity index is 0.989. The number of anilines is 2. The van der Waals surface area contributed by atoms with Crippen molar-refractivity contribution in [2.24, 2.45) is 5.92 Å². The highest BCUT2D eigenvalue weighted by Crippen LogP contribution is 2.37. The van der Waals surface area contributed by atoms with E-state index in [1.807, 2.05) is 67.3 Å². The first-order valence-corrected chi connectivity index (χ1v) is 24.3. The maximum atomic E-state index is 6.49. The zero-order valence-electron chi connectivity index (χ0n) is 39.7. The van der Waals surface area contributed by atoms with E-state index in [9.17, 15) is 0 Å². The summed E-state index contributed by atoms with van der Waals surface area (Å²) in [6.07, 6.45) is 16.8. The first kappa shape index (κ1) is 45.9. The molecule has 1 saturated carbocycles. The van der Waals surface area contributed by atoms with Crippen molar-refractivity contribution in [1.29, 1.82) is 0 Å². The SMILES string of the molecule is COc1ccc(CN2CCC(N(c3cnc(-c4ccccc4)nc3)N(c3cnc(-c4ccccc4)nc3)C3CCN(Cc4ccc(OC)c(OC5CCCC5)c4)CC3)CC2)cc1OCC(C)C. The summed E-state index contributed by atoms with van der Waals surface area (Å²) in [7, 11) is 3.43. The summed E-state index contributed by atoms with van der Waals surface area (Å²) in [4.78, 5) is 25.1. The lowest BCUT2D eigenvalue weighted by Gasteiger charge is -2.50. The molecule has 6 aromatic rings. The van der Waals surface area contributed by atoms with E-state index in [4.69, 9.17) is 38.9 Å². The standard InChI is InChI=1S/C55H66N8O4/c1-40(2)39-66-52-31-41(19-21-50(52)64-3)37-60-27-23-45(24-28-60)62(47-33-56-54(57-34-47)43-13-7-5-8-14-43)63(48-35-58-55(59-36-48)44-15-9-6-10-16-44)46-25-29-61(30-26-46)38-42-20-22-51(65-4)53(32-42)67-49-17-11-12-18-49/h5-10,13-16,19-22,31-36,40,45-46,49H,11-12,17-18,23-30,37-39H2,1-4H3. The van der Waals surface area contributed by atoms with Gasteiger partial charge in [-0.25, -0.2) is 19.9 Å². The van der Waals surface area contributed by atoms with Crippen LogP contribution < -0.4 is 29.0 Å². The van der Waals surface area contributed by atoms with E-state index in [2.05, 4.69) is 88.3 Å². The maximum absolute atomic E-state index is 6.49. The summed E-state index contributed by atoms with van der Waals surface area (Å²) in [5, 5.41) is 4.99. The number of methoxy groups -OCH3 is 2. The van der Waals surface area contributed by atoms with Crippen LogP contribution >= 0.6 is 0 Å². The summed E-state index contributed by atoms with van der Waals surface area (Å²) < 4.78 is 24.1. The Hall–Kier alpha value is -6.24. The van der Waals surface area contributed by atoms with Crippen molar-refractivity contribution < 1.29 is 18.9 Å². The van der Waals surface area contributed by atoms with Crippen LogP contribution in [0.2, 0.25) is 0 Å². The van der Waals surface area contributed by atoms with Crippen LogP contribution in [0.25, 0.3) is 22.8 Å². The highest BCUT2D eigenvalue weighted by molar-refractivity contribution is 5.62. The van der Waals surface area contributed by atoms with Crippen molar-refractivity contribution in [1.82, 2.24) is 29.7 Å². The smallest absolute Gasteiger partial charge is 0.161 e. The molecule has 4 aromatic carbocycles. The Bertz CT molecular complexity index is 2450. The molecule has 0 spiro atoms. The largest absolute Gasteiger partial charge is 0.493 e. The molecule has 0 amide bonds. The highest BCUT2D eigenvalue weighted by atomic mass is 16.5. The van der Waals surface area contributed by atoms with Crippen LogP contribution in [0.1, 0.15) is 76.3 Å². The van der Waals surface area contributed by atoms with Crippen LogP contribution in [0, 0.1) is 5.92 Å². The van der Waals surface area contributed by atoms with Crippen LogP contribution in [0.15, 0.2) is 122 Å². The average Bonchev–Trinajstić information content (AvgIpc) is 3.90. The molecule has 12 nitrogen and oxygen atoms in total. The molecule has 0 unspecified atom stereocenters. The summed E-state index contributed by atoms with van der Waals surface area (Å²) >= 11 is 0. The van der Waals surface area contributed by atoms with Gasteiger partial charge in [-0.2, -0.15) is 0 Å². The molecule has 2 aromatic heterocycles. The molecule has 67 heavy (non-hydrogen) atoms. The van der Waals surface area contributed by atoms with Gasteiger partial charge in [-0.3, -0.25) is 19.8 Å². The summed E-state index contributed by atoms with van der Waals surface area (Å²) in [5.74, 6) is 5.08. The third-order valence-corrected chi connectivity index (χ3v) is 13.3. The number of piperidine rings is 2. The van der Waals surface area contributed by atoms with Crippen LogP contribution in [-0.2, 0) is 13.1 Å². The summed E-state index contributed by atoms with van der Waals surface area (Å²) in [5.41, 5.74) is 6.37. The number of likely N-dealkylation sites (tertiary alicyclic amines) is 2. The molecule has 0 atom stereocenters. The molecule has 0 N–H and O–H groups in total. The molecule has 4 heterocycles. The van der Waals surface area contributed by atoms with E-state index in [1.54, 1.807) is 14.2 Å². The normalized spacial score (nSPS) is 16.6. The molecule has 0 radical (unpaired) electrons. The summed E-state index contributed by atoms with van der Waals surface area (Å²) in [6, 6.07) is 33.6. The van der Waals surface area contributed by atoms with Crippen LogP contribution in [0.4, 0.5) is 11.4 Å². The van der Waals surface area contributed by atoms with E-state index >= 15 is 0 Å². The van der Waals surface area contributed by atoms with Gasteiger partial charge in [0.2, 0.25) is 0 Å². The lowest BCUT2D eigenvalue weighted by Crippen LogP contribution is -2.59. The lowest BCUT2D eigenvalue weighted by molar-refractivity contribution is 0.182. The maximum Gasteiger partial charge on any atom is 0.161 e. The minimum Gasteiger partial charge on any atom is -0.493 e. The van der Waals surface area contributed by atoms with Crippen LogP contribution in [0.5, 0.6) is 23.0 Å². The molecule has 350 valence electrons. The van der Waals surface area contributed by atoms with Gasteiger partial charge >= 0.3 is 0 Å². The van der Waals surface area contributed by atoms with E-state index in [-0.39, 0.29) is 18.2 Å². The Morgan fingerprint density at radius 3 is 1.40 bits per heavy atom. The minimum absolute atomic E-state index is 0.174. The van der Waals surface area contributed by atoms with E-state index in [1.165, 1.54) is 24.0 Å². The number of benzene rings is 4. The number of ether oxygens (including phenoxy) is 4. The fourth-order valence-electron chi connectivity index (χ4n) is 9.82. The predicted octanol–water partition coefficient (Wildman–Crippen LogP) is 10.5. The van der Waals surface area contributed by atoms with Gasteiger partial charge in [0.15, 0.2) is 34.6 Å². The quantitative estimate of drug-likeness (QED) is 0.0768. The number of rotatable bonds is 18. The van der Waals surface area contributed by atoms with Crippen molar-refractivity contribution in [3.8, 4) is 45.8 Å². The first-order valence-electron chi connectivity index (χ1n) is 24.3. The number of nitrogens with zero attached hydrogens (tertiary/aromatic N) is 8. The van der Waals surface area contributed by atoms with Gasteiger partial charge in [0.05, 0.1) is 75.2 Å². The molecule has 9 rings (SSSR count). The minimum atomic E-state index is 0.174. The predicted molar refractivity (Wildman–Crippen MR) is 266 cm³/mol. The second-order valence-corrected chi connectivity index (χ2v) is 18.7. The van der Waals surface area contributed by atoms with Gasteiger partial charge in [0, 0.05) is 50.4 Å². The number of hydrogen-bond acceptors (Lipinski definition) is 12. The van der Waals surface area contributed by atoms with Crippen LogP contribution in [-0.4, -0.2) is 94.9 Å². The molecular weight excluding hydrogens is 837 g/mol. The monoisotopic (exact) mass is 903 g/mol. The lowest BCUT2D eigenvalue weighted by atomic mass is 10.00. The summed E-state index contributed by atoms with van der Waals surface area (Å²) in [6.45, 7) is 10.4.